The van der Waals surface area contributed by atoms with E-state index in [0.29, 0.717) is 18.0 Å². The van der Waals surface area contributed by atoms with Crippen LogP contribution in [0.2, 0.25) is 0 Å². The Morgan fingerprint density at radius 1 is 1.29 bits per heavy atom. The second-order valence-electron chi connectivity index (χ2n) is 4.99. The van der Waals surface area contributed by atoms with Gasteiger partial charge in [-0.25, -0.2) is 13.4 Å². The average Bonchev–Trinajstić information content (AvgIpc) is 2.53. The van der Waals surface area contributed by atoms with Gasteiger partial charge in [0.05, 0.1) is 5.03 Å². The molecule has 0 saturated carbocycles. The van der Waals surface area contributed by atoms with Crippen LogP contribution in [-0.4, -0.2) is 50.3 Å². The lowest BCUT2D eigenvalue weighted by Crippen LogP contribution is -2.35. The molecule has 1 aromatic heterocycles. The Labute approximate surface area is 131 Å². The van der Waals surface area contributed by atoms with E-state index >= 15 is 0 Å². The Balaban J connectivity index is 1.97. The van der Waals surface area contributed by atoms with Gasteiger partial charge in [-0.05, 0) is 31.4 Å². The van der Waals surface area contributed by atoms with Crippen LogP contribution in [0.4, 0.5) is 0 Å². The van der Waals surface area contributed by atoms with E-state index in [0.717, 1.165) is 43.1 Å². The molecule has 0 N–H and O–H groups in total. The van der Waals surface area contributed by atoms with Crippen LogP contribution in [0.25, 0.3) is 0 Å². The van der Waals surface area contributed by atoms with Crippen molar-refractivity contribution < 1.29 is 13.2 Å². The Morgan fingerprint density at radius 3 is 2.67 bits per heavy atom. The molecule has 0 amide bonds. The smallest absolute Gasteiger partial charge is 0.244 e. The molecule has 0 spiro atoms. The molecule has 21 heavy (non-hydrogen) atoms. The molecule has 7 heteroatoms. The number of rotatable bonds is 7. The molecule has 0 bridgehead atoms. The third-order valence-corrected chi connectivity index (χ3v) is 6.32. The Morgan fingerprint density at radius 2 is 2.05 bits per heavy atom. The molecule has 0 radical (unpaired) electrons. The minimum atomic E-state index is -3.37. The summed E-state index contributed by atoms with van der Waals surface area (Å²) in [6, 6.07) is 3.45. The molecule has 5 nitrogen and oxygen atoms in total. The standard InChI is InChI=1S/C14H22N2O3S2/c1-19-10-5-11-20-14-7-6-13(12-15-14)21(17,18)16-8-3-2-4-9-16/h6-7,12H,2-5,8-11H2,1H3. The van der Waals surface area contributed by atoms with Crippen molar-refractivity contribution in [3.63, 3.8) is 0 Å². The van der Waals surface area contributed by atoms with E-state index in [2.05, 4.69) is 4.98 Å². The summed E-state index contributed by atoms with van der Waals surface area (Å²) in [5, 5.41) is 0.851. The number of pyridine rings is 1. The number of ether oxygens (including phenoxy) is 1. The maximum atomic E-state index is 12.5. The maximum absolute atomic E-state index is 12.5. The highest BCUT2D eigenvalue weighted by Gasteiger charge is 2.25. The Kier molecular flexibility index (Phi) is 6.47. The fourth-order valence-electron chi connectivity index (χ4n) is 2.24. The molecule has 0 atom stereocenters. The van der Waals surface area contributed by atoms with Gasteiger partial charge in [0.25, 0.3) is 0 Å². The number of hydrogen-bond acceptors (Lipinski definition) is 5. The van der Waals surface area contributed by atoms with E-state index in [-0.39, 0.29) is 0 Å². The minimum Gasteiger partial charge on any atom is -0.385 e. The van der Waals surface area contributed by atoms with Gasteiger partial charge >= 0.3 is 0 Å². The fourth-order valence-corrected chi connectivity index (χ4v) is 4.46. The van der Waals surface area contributed by atoms with Crippen LogP contribution < -0.4 is 0 Å². The van der Waals surface area contributed by atoms with E-state index in [9.17, 15) is 8.42 Å². The molecule has 1 aliphatic rings. The first-order valence-electron chi connectivity index (χ1n) is 7.22. The number of piperidine rings is 1. The summed E-state index contributed by atoms with van der Waals surface area (Å²) in [5.74, 6) is 0.916. The number of methoxy groups -OCH3 is 1. The van der Waals surface area contributed by atoms with Gasteiger partial charge in [0.15, 0.2) is 0 Å². The summed E-state index contributed by atoms with van der Waals surface area (Å²) in [4.78, 5) is 4.55. The third kappa shape index (κ3) is 4.67. The Hall–Kier alpha value is -0.630. The monoisotopic (exact) mass is 330 g/mol. The van der Waals surface area contributed by atoms with E-state index in [4.69, 9.17) is 4.74 Å². The van der Waals surface area contributed by atoms with Crippen molar-refractivity contribution in [1.82, 2.24) is 9.29 Å². The maximum Gasteiger partial charge on any atom is 0.244 e. The first-order chi connectivity index (χ1) is 10.1. The summed E-state index contributed by atoms with van der Waals surface area (Å²) in [7, 11) is -1.68. The summed E-state index contributed by atoms with van der Waals surface area (Å²) in [6.07, 6.45) is 5.43. The number of aromatic nitrogens is 1. The molecule has 1 saturated heterocycles. The number of thioether (sulfide) groups is 1. The van der Waals surface area contributed by atoms with Crippen molar-refractivity contribution in [1.29, 1.82) is 0 Å². The quantitative estimate of drug-likeness (QED) is 0.567. The SMILES string of the molecule is COCCCSc1ccc(S(=O)(=O)N2CCCCC2)cn1. The van der Waals surface area contributed by atoms with Crippen LogP contribution in [0.5, 0.6) is 0 Å². The van der Waals surface area contributed by atoms with Crippen molar-refractivity contribution in [3.05, 3.63) is 18.3 Å². The highest BCUT2D eigenvalue weighted by molar-refractivity contribution is 7.99. The summed E-state index contributed by atoms with van der Waals surface area (Å²) in [6.45, 7) is 1.97. The zero-order valence-corrected chi connectivity index (χ0v) is 14.0. The van der Waals surface area contributed by atoms with Crippen molar-refractivity contribution >= 4 is 21.8 Å². The first kappa shape index (κ1) is 16.7. The molecule has 0 unspecified atom stereocenters. The largest absolute Gasteiger partial charge is 0.385 e. The summed E-state index contributed by atoms with van der Waals surface area (Å²) < 4.78 is 31.5. The molecule has 2 rings (SSSR count). The number of hydrogen-bond donors (Lipinski definition) is 0. The van der Waals surface area contributed by atoms with E-state index in [1.807, 2.05) is 0 Å². The van der Waals surface area contributed by atoms with Gasteiger partial charge in [-0.2, -0.15) is 4.31 Å². The third-order valence-electron chi connectivity index (χ3n) is 3.40. The van der Waals surface area contributed by atoms with E-state index in [1.54, 1.807) is 35.3 Å². The molecule has 1 fully saturated rings. The second kappa shape index (κ2) is 8.12. The number of nitrogens with zero attached hydrogens (tertiary/aromatic N) is 2. The lowest BCUT2D eigenvalue weighted by Gasteiger charge is -2.25. The summed E-state index contributed by atoms with van der Waals surface area (Å²) >= 11 is 1.62. The minimum absolute atomic E-state index is 0.297. The second-order valence-corrected chi connectivity index (χ2v) is 8.04. The topological polar surface area (TPSA) is 59.5 Å². The van der Waals surface area contributed by atoms with Gasteiger partial charge in [0.2, 0.25) is 10.0 Å². The van der Waals surface area contributed by atoms with Crippen LogP contribution in [0.3, 0.4) is 0 Å². The van der Waals surface area contributed by atoms with E-state index < -0.39 is 10.0 Å². The predicted molar refractivity (Wildman–Crippen MR) is 84.1 cm³/mol. The van der Waals surface area contributed by atoms with Crippen molar-refractivity contribution in [2.45, 2.75) is 35.6 Å². The van der Waals surface area contributed by atoms with E-state index in [1.165, 1.54) is 6.20 Å². The van der Waals surface area contributed by atoms with Crippen molar-refractivity contribution in [2.75, 3.05) is 32.6 Å². The Bertz CT molecular complexity index is 526. The molecule has 2 heterocycles. The van der Waals surface area contributed by atoms with Crippen LogP contribution in [-0.2, 0) is 14.8 Å². The lowest BCUT2D eigenvalue weighted by atomic mass is 10.2. The molecule has 0 aromatic carbocycles. The lowest BCUT2D eigenvalue weighted by molar-refractivity contribution is 0.200. The molecule has 1 aliphatic heterocycles. The number of sulfonamides is 1. The van der Waals surface area contributed by atoms with Gasteiger partial charge in [0, 0.05) is 38.8 Å². The van der Waals surface area contributed by atoms with Crippen LogP contribution >= 0.6 is 11.8 Å². The summed E-state index contributed by atoms with van der Waals surface area (Å²) in [5.41, 5.74) is 0. The normalized spacial score (nSPS) is 17.0. The first-order valence-corrected chi connectivity index (χ1v) is 9.65. The zero-order chi connectivity index (χ0) is 15.1. The van der Waals surface area contributed by atoms with Crippen LogP contribution in [0.1, 0.15) is 25.7 Å². The molecule has 1 aromatic rings. The molecule has 118 valence electrons. The molecule has 0 aliphatic carbocycles. The van der Waals surface area contributed by atoms with Crippen LogP contribution in [0, 0.1) is 0 Å². The van der Waals surface area contributed by atoms with Crippen molar-refractivity contribution in [2.24, 2.45) is 0 Å². The van der Waals surface area contributed by atoms with Gasteiger partial charge < -0.3 is 4.74 Å². The van der Waals surface area contributed by atoms with Crippen LogP contribution in [0.15, 0.2) is 28.3 Å². The van der Waals surface area contributed by atoms with Gasteiger partial charge in [-0.15, -0.1) is 11.8 Å². The van der Waals surface area contributed by atoms with Gasteiger partial charge in [-0.1, -0.05) is 6.42 Å². The highest BCUT2D eigenvalue weighted by atomic mass is 32.2. The predicted octanol–water partition coefficient (Wildman–Crippen LogP) is 2.38. The van der Waals surface area contributed by atoms with Gasteiger partial charge in [0.1, 0.15) is 4.90 Å². The highest BCUT2D eigenvalue weighted by Crippen LogP contribution is 2.22. The zero-order valence-electron chi connectivity index (χ0n) is 12.3. The fraction of sp³-hybridized carbons (Fsp3) is 0.643. The molecular weight excluding hydrogens is 308 g/mol. The average molecular weight is 330 g/mol. The van der Waals surface area contributed by atoms with Crippen molar-refractivity contribution in [3.8, 4) is 0 Å². The molecular formula is C14H22N2O3S2. The van der Waals surface area contributed by atoms with Gasteiger partial charge in [-0.3, -0.25) is 0 Å².